The lowest BCUT2D eigenvalue weighted by Gasteiger charge is -2.33. The number of nitrogens with zero attached hydrogens (tertiary/aromatic N) is 1. The molecular formula is C19H19NO4S. The predicted octanol–water partition coefficient (Wildman–Crippen LogP) is 2.39. The third-order valence-electron chi connectivity index (χ3n) is 4.32. The Morgan fingerprint density at radius 2 is 1.96 bits per heavy atom. The van der Waals surface area contributed by atoms with Gasteiger partial charge in [-0.15, -0.1) is 0 Å². The summed E-state index contributed by atoms with van der Waals surface area (Å²) in [6.45, 7) is 0.540. The number of amides is 1. The molecule has 1 N–H and O–H groups in total. The van der Waals surface area contributed by atoms with E-state index in [4.69, 9.17) is 0 Å². The maximum atomic E-state index is 12.9. The van der Waals surface area contributed by atoms with Crippen LogP contribution in [0.1, 0.15) is 33.0 Å². The number of benzene rings is 2. The van der Waals surface area contributed by atoms with E-state index in [1.807, 2.05) is 30.3 Å². The van der Waals surface area contributed by atoms with Gasteiger partial charge in [-0.3, -0.25) is 13.8 Å². The number of carbonyl (C=O) groups excluding carboxylic acids is 1. The van der Waals surface area contributed by atoms with E-state index < -0.39 is 22.7 Å². The normalized spacial score (nSPS) is 17.6. The largest absolute Gasteiger partial charge is 0.481 e. The van der Waals surface area contributed by atoms with Gasteiger partial charge in [-0.25, -0.2) is 0 Å². The molecule has 1 aliphatic heterocycles. The Balaban J connectivity index is 1.88. The molecule has 1 amide bonds. The van der Waals surface area contributed by atoms with Gasteiger partial charge in [-0.1, -0.05) is 36.4 Å². The lowest BCUT2D eigenvalue weighted by molar-refractivity contribution is -0.139. The first-order valence-electron chi connectivity index (χ1n) is 7.94. The van der Waals surface area contributed by atoms with Gasteiger partial charge in [0.15, 0.2) is 0 Å². The average molecular weight is 357 g/mol. The van der Waals surface area contributed by atoms with Gasteiger partial charge in [-0.05, 0) is 28.8 Å². The van der Waals surface area contributed by atoms with Crippen LogP contribution in [0.2, 0.25) is 0 Å². The molecule has 0 aromatic heterocycles. The van der Waals surface area contributed by atoms with Crippen LogP contribution in [0.15, 0.2) is 48.5 Å². The summed E-state index contributed by atoms with van der Waals surface area (Å²) in [5.74, 6) is -1.47. The smallest absolute Gasteiger partial charge is 0.312 e. The highest BCUT2D eigenvalue weighted by molar-refractivity contribution is 7.83. The molecule has 0 radical (unpaired) electrons. The standard InChI is InChI=1S/C19H19NO4S/c1-25(24)12-13-5-4-7-14(9-13)18(21)20-10-15-6-2-3-8-16(15)17(11-20)19(22)23/h2-9,17H,10-12H2,1H3,(H,22,23). The summed E-state index contributed by atoms with van der Waals surface area (Å²) in [7, 11) is -0.987. The van der Waals surface area contributed by atoms with Gasteiger partial charge in [0, 0.05) is 41.5 Å². The molecule has 2 aromatic carbocycles. The summed E-state index contributed by atoms with van der Waals surface area (Å²) in [5.41, 5.74) is 2.96. The zero-order valence-corrected chi connectivity index (χ0v) is 14.7. The van der Waals surface area contributed by atoms with Gasteiger partial charge in [0.2, 0.25) is 0 Å². The van der Waals surface area contributed by atoms with Gasteiger partial charge in [0.1, 0.15) is 0 Å². The molecule has 130 valence electrons. The second-order valence-corrected chi connectivity index (χ2v) is 7.63. The Kier molecular flexibility index (Phi) is 4.99. The monoisotopic (exact) mass is 357 g/mol. The molecule has 0 saturated carbocycles. The number of carbonyl (C=O) groups is 2. The highest BCUT2D eigenvalue weighted by Gasteiger charge is 2.32. The zero-order chi connectivity index (χ0) is 18.0. The molecule has 6 heteroatoms. The summed E-state index contributed by atoms with van der Waals surface area (Å²) in [4.78, 5) is 26.1. The summed E-state index contributed by atoms with van der Waals surface area (Å²) in [6, 6.07) is 14.4. The van der Waals surface area contributed by atoms with E-state index in [1.54, 1.807) is 29.4 Å². The van der Waals surface area contributed by atoms with Gasteiger partial charge in [0.05, 0.1) is 5.92 Å². The molecule has 2 atom stereocenters. The second-order valence-electron chi connectivity index (χ2n) is 6.19. The molecule has 25 heavy (non-hydrogen) atoms. The van der Waals surface area contributed by atoms with Crippen molar-refractivity contribution < 1.29 is 18.9 Å². The summed E-state index contributed by atoms with van der Waals surface area (Å²) >= 11 is 0. The molecular weight excluding hydrogens is 338 g/mol. The first-order chi connectivity index (χ1) is 12.0. The number of hydrogen-bond acceptors (Lipinski definition) is 3. The van der Waals surface area contributed by atoms with Crippen LogP contribution >= 0.6 is 0 Å². The van der Waals surface area contributed by atoms with Crippen LogP contribution in [0, 0.1) is 0 Å². The first kappa shape index (κ1) is 17.4. The minimum absolute atomic E-state index is 0.148. The molecule has 0 aliphatic carbocycles. The zero-order valence-electron chi connectivity index (χ0n) is 13.8. The quantitative estimate of drug-likeness (QED) is 0.912. The van der Waals surface area contributed by atoms with Crippen molar-refractivity contribution in [3.05, 3.63) is 70.8 Å². The third-order valence-corrected chi connectivity index (χ3v) is 5.06. The lowest BCUT2D eigenvalue weighted by Crippen LogP contribution is -2.40. The van der Waals surface area contributed by atoms with Crippen molar-refractivity contribution in [1.82, 2.24) is 4.90 Å². The molecule has 0 spiro atoms. The van der Waals surface area contributed by atoms with Crippen LogP contribution in [0.3, 0.4) is 0 Å². The Labute approximate surface area is 148 Å². The number of fused-ring (bicyclic) bond motifs is 1. The fourth-order valence-corrected chi connectivity index (χ4v) is 3.83. The van der Waals surface area contributed by atoms with Crippen LogP contribution in [0.5, 0.6) is 0 Å². The molecule has 0 saturated heterocycles. The predicted molar refractivity (Wildman–Crippen MR) is 95.8 cm³/mol. The first-order valence-corrected chi connectivity index (χ1v) is 9.67. The fourth-order valence-electron chi connectivity index (χ4n) is 3.18. The third kappa shape index (κ3) is 3.79. The van der Waals surface area contributed by atoms with E-state index >= 15 is 0 Å². The highest BCUT2D eigenvalue weighted by atomic mass is 32.2. The lowest BCUT2D eigenvalue weighted by atomic mass is 9.89. The fraction of sp³-hybridized carbons (Fsp3) is 0.263. The SMILES string of the molecule is CS(=O)Cc1cccc(C(=O)N2Cc3ccccc3C(C(=O)O)C2)c1. The molecule has 2 aromatic rings. The van der Waals surface area contributed by atoms with E-state index in [9.17, 15) is 18.9 Å². The van der Waals surface area contributed by atoms with Crippen LogP contribution in [-0.4, -0.2) is 38.9 Å². The van der Waals surface area contributed by atoms with E-state index in [1.165, 1.54) is 0 Å². The Morgan fingerprint density at radius 1 is 1.20 bits per heavy atom. The Morgan fingerprint density at radius 3 is 2.68 bits per heavy atom. The van der Waals surface area contributed by atoms with E-state index in [2.05, 4.69) is 0 Å². The van der Waals surface area contributed by atoms with Crippen molar-refractivity contribution in [3.8, 4) is 0 Å². The number of aliphatic carboxylic acids is 1. The summed E-state index contributed by atoms with van der Waals surface area (Å²) < 4.78 is 11.4. The molecule has 2 unspecified atom stereocenters. The summed E-state index contributed by atoms with van der Waals surface area (Å²) in [5, 5.41) is 9.53. The molecule has 3 rings (SSSR count). The van der Waals surface area contributed by atoms with Crippen LogP contribution in [0.4, 0.5) is 0 Å². The number of hydrogen-bond donors (Lipinski definition) is 1. The molecule has 1 heterocycles. The maximum Gasteiger partial charge on any atom is 0.312 e. The number of carboxylic acid groups (broad SMARTS) is 1. The van der Waals surface area contributed by atoms with Crippen molar-refractivity contribution in [2.75, 3.05) is 12.8 Å². The average Bonchev–Trinajstić information content (AvgIpc) is 2.59. The molecule has 1 aliphatic rings. The minimum atomic E-state index is -0.987. The summed E-state index contributed by atoms with van der Waals surface area (Å²) in [6.07, 6.45) is 1.62. The minimum Gasteiger partial charge on any atom is -0.481 e. The van der Waals surface area contributed by atoms with Crippen LogP contribution in [-0.2, 0) is 27.9 Å². The van der Waals surface area contributed by atoms with Gasteiger partial charge in [-0.2, -0.15) is 0 Å². The van der Waals surface area contributed by atoms with Crippen molar-refractivity contribution >= 4 is 22.7 Å². The molecule has 5 nitrogen and oxygen atoms in total. The van der Waals surface area contributed by atoms with Gasteiger partial charge in [0.25, 0.3) is 5.91 Å². The van der Waals surface area contributed by atoms with Crippen molar-refractivity contribution in [2.24, 2.45) is 0 Å². The maximum absolute atomic E-state index is 12.9. The van der Waals surface area contributed by atoms with Crippen molar-refractivity contribution in [1.29, 1.82) is 0 Å². The highest BCUT2D eigenvalue weighted by Crippen LogP contribution is 2.29. The van der Waals surface area contributed by atoms with E-state index in [0.717, 1.165) is 16.7 Å². The Hall–Kier alpha value is -2.47. The van der Waals surface area contributed by atoms with E-state index in [0.29, 0.717) is 17.9 Å². The van der Waals surface area contributed by atoms with Crippen molar-refractivity contribution in [2.45, 2.75) is 18.2 Å². The Bertz CT molecular complexity index is 849. The number of carboxylic acids is 1. The molecule has 0 bridgehead atoms. The van der Waals surface area contributed by atoms with E-state index in [-0.39, 0.29) is 12.5 Å². The number of rotatable bonds is 4. The van der Waals surface area contributed by atoms with Crippen LogP contribution in [0.25, 0.3) is 0 Å². The van der Waals surface area contributed by atoms with Gasteiger partial charge < -0.3 is 10.0 Å². The second kappa shape index (κ2) is 7.19. The topological polar surface area (TPSA) is 74.7 Å². The van der Waals surface area contributed by atoms with Crippen molar-refractivity contribution in [3.63, 3.8) is 0 Å². The van der Waals surface area contributed by atoms with Crippen LogP contribution < -0.4 is 0 Å². The van der Waals surface area contributed by atoms with Gasteiger partial charge >= 0.3 is 5.97 Å². The molecule has 0 fully saturated rings.